The van der Waals surface area contributed by atoms with E-state index in [0.717, 1.165) is 95.7 Å². The summed E-state index contributed by atoms with van der Waals surface area (Å²) in [7, 11) is 3.06. The molecule has 2 aliphatic rings. The van der Waals surface area contributed by atoms with E-state index in [0.29, 0.717) is 29.4 Å². The number of ether oxygens (including phenoxy) is 2. The lowest BCUT2D eigenvalue weighted by molar-refractivity contribution is 0.0321. The molecule has 15 heteroatoms. The molecule has 2 N–H and O–H groups in total. The standard InChI is InChI=1S/C33H39BrN11O2P/c1-43-20-21(18-38-43)23-17-27(32(46-2)42-31(23)45-13-11-44(12-14-45)22-7-15-47-16-8-22)40-33-37-19-24(34)30(41-33)39-26-6-5-25-28(29(26)48(3)4)36-10-9-35-25/h5-6,9-10,17-20,22H,7-8,11-16H2,1-4H3,(H2,37,39,40,41). The molecule has 1 aromatic carbocycles. The second-order valence-electron chi connectivity index (χ2n) is 12.1. The Morgan fingerprint density at radius 2 is 1.75 bits per heavy atom. The van der Waals surface area contributed by atoms with E-state index in [9.17, 15) is 0 Å². The van der Waals surface area contributed by atoms with Crippen LogP contribution in [0.25, 0.3) is 22.2 Å². The maximum absolute atomic E-state index is 5.86. The molecule has 0 saturated carbocycles. The van der Waals surface area contributed by atoms with Gasteiger partial charge in [-0.2, -0.15) is 15.1 Å². The number of nitrogens with zero attached hydrogens (tertiary/aromatic N) is 9. The molecule has 2 saturated heterocycles. The third-order valence-electron chi connectivity index (χ3n) is 8.80. The summed E-state index contributed by atoms with van der Waals surface area (Å²) in [5.74, 6) is 2.35. The number of aromatic nitrogens is 7. The normalized spacial score (nSPS) is 16.1. The van der Waals surface area contributed by atoms with Crippen molar-refractivity contribution in [2.45, 2.75) is 18.9 Å². The molecule has 0 atom stereocenters. The molecule has 0 spiro atoms. The summed E-state index contributed by atoms with van der Waals surface area (Å²) in [6.45, 7) is 9.82. The summed E-state index contributed by atoms with van der Waals surface area (Å²) in [5.41, 5.74) is 5.28. The van der Waals surface area contributed by atoms with Crippen molar-refractivity contribution >= 4 is 69.1 Å². The average molecular weight is 733 g/mol. The molecule has 7 rings (SSSR count). The summed E-state index contributed by atoms with van der Waals surface area (Å²) in [6.07, 6.45) is 11.3. The number of hydrogen-bond acceptors (Lipinski definition) is 12. The van der Waals surface area contributed by atoms with Gasteiger partial charge in [0, 0.05) is 99.4 Å². The zero-order valence-corrected chi connectivity index (χ0v) is 30.0. The first-order valence-electron chi connectivity index (χ1n) is 16.0. The van der Waals surface area contributed by atoms with Crippen LogP contribution in [0.5, 0.6) is 5.88 Å². The van der Waals surface area contributed by atoms with Gasteiger partial charge in [-0.15, -0.1) is 0 Å². The van der Waals surface area contributed by atoms with Gasteiger partial charge in [-0.25, -0.2) is 4.98 Å². The number of piperazine rings is 1. The molecule has 0 bridgehead atoms. The third kappa shape index (κ3) is 6.80. The minimum absolute atomic E-state index is 0.396. The second-order valence-corrected chi connectivity index (χ2v) is 15.2. The van der Waals surface area contributed by atoms with E-state index >= 15 is 0 Å². The van der Waals surface area contributed by atoms with Gasteiger partial charge in [0.1, 0.15) is 17.3 Å². The Labute approximate surface area is 289 Å². The molecule has 4 aromatic heterocycles. The lowest BCUT2D eigenvalue weighted by Gasteiger charge is -2.41. The summed E-state index contributed by atoms with van der Waals surface area (Å²) in [6, 6.07) is 6.66. The van der Waals surface area contributed by atoms with Crippen LogP contribution in [0.2, 0.25) is 0 Å². The lowest BCUT2D eigenvalue weighted by Crippen LogP contribution is -2.52. The molecule has 6 heterocycles. The minimum Gasteiger partial charge on any atom is -0.479 e. The Bertz CT molecular complexity index is 1910. The van der Waals surface area contributed by atoms with Crippen LogP contribution < -0.4 is 25.6 Å². The zero-order chi connectivity index (χ0) is 33.2. The van der Waals surface area contributed by atoms with Gasteiger partial charge in [0.2, 0.25) is 11.8 Å². The largest absolute Gasteiger partial charge is 0.479 e. The molecule has 48 heavy (non-hydrogen) atoms. The van der Waals surface area contributed by atoms with E-state index in [4.69, 9.17) is 19.4 Å². The molecular weight excluding hydrogens is 693 g/mol. The topological polar surface area (TPSA) is 131 Å². The fraction of sp³-hybridized carbons (Fsp3) is 0.394. The van der Waals surface area contributed by atoms with Gasteiger partial charge in [0.15, 0.2) is 0 Å². The number of fused-ring (bicyclic) bond motifs is 1. The van der Waals surface area contributed by atoms with Crippen LogP contribution in [-0.4, -0.2) is 105 Å². The van der Waals surface area contributed by atoms with Crippen molar-refractivity contribution < 1.29 is 9.47 Å². The van der Waals surface area contributed by atoms with E-state index in [2.05, 4.69) is 75.8 Å². The first-order chi connectivity index (χ1) is 23.4. The quantitative estimate of drug-likeness (QED) is 0.195. The van der Waals surface area contributed by atoms with Gasteiger partial charge >= 0.3 is 0 Å². The number of hydrogen-bond donors (Lipinski definition) is 2. The summed E-state index contributed by atoms with van der Waals surface area (Å²) >= 11 is 3.64. The van der Waals surface area contributed by atoms with Crippen molar-refractivity contribution in [3.63, 3.8) is 0 Å². The van der Waals surface area contributed by atoms with Gasteiger partial charge in [-0.3, -0.25) is 19.5 Å². The third-order valence-corrected chi connectivity index (χ3v) is 10.7. The van der Waals surface area contributed by atoms with Crippen molar-refractivity contribution in [1.82, 2.24) is 39.6 Å². The van der Waals surface area contributed by atoms with Crippen LogP contribution in [-0.2, 0) is 11.8 Å². The Morgan fingerprint density at radius 1 is 0.958 bits per heavy atom. The van der Waals surface area contributed by atoms with E-state index in [1.807, 2.05) is 31.6 Å². The predicted octanol–water partition coefficient (Wildman–Crippen LogP) is 5.14. The predicted molar refractivity (Wildman–Crippen MR) is 195 cm³/mol. The van der Waals surface area contributed by atoms with Crippen molar-refractivity contribution in [2.24, 2.45) is 7.05 Å². The van der Waals surface area contributed by atoms with Crippen molar-refractivity contribution in [2.75, 3.05) is 75.4 Å². The van der Waals surface area contributed by atoms with E-state index in [1.165, 1.54) is 0 Å². The summed E-state index contributed by atoms with van der Waals surface area (Å²) < 4.78 is 14.0. The zero-order valence-electron chi connectivity index (χ0n) is 27.5. The molecular formula is C33H39BrN11O2P. The highest BCUT2D eigenvalue weighted by molar-refractivity contribution is 9.10. The number of methoxy groups -OCH3 is 1. The Kier molecular flexibility index (Phi) is 9.67. The van der Waals surface area contributed by atoms with Crippen LogP contribution in [0.15, 0.2) is 53.7 Å². The van der Waals surface area contributed by atoms with Crippen LogP contribution >= 0.6 is 23.9 Å². The number of nitrogens with one attached hydrogen (secondary N) is 2. The molecule has 2 aliphatic heterocycles. The molecule has 250 valence electrons. The highest BCUT2D eigenvalue weighted by atomic mass is 79.9. The lowest BCUT2D eigenvalue weighted by atomic mass is 10.1. The Morgan fingerprint density at radius 3 is 2.48 bits per heavy atom. The molecule has 0 amide bonds. The molecule has 13 nitrogen and oxygen atoms in total. The fourth-order valence-corrected chi connectivity index (χ4v) is 7.93. The Hall–Kier alpha value is -3.97. The van der Waals surface area contributed by atoms with Crippen molar-refractivity contribution in [3.05, 3.63) is 53.7 Å². The first-order valence-corrected chi connectivity index (χ1v) is 19.0. The molecule has 5 aromatic rings. The van der Waals surface area contributed by atoms with E-state index in [-0.39, 0.29) is 0 Å². The number of benzene rings is 1. The van der Waals surface area contributed by atoms with Gasteiger partial charge in [-0.05, 0) is 60.3 Å². The second kappa shape index (κ2) is 14.3. The Balaban J connectivity index is 1.19. The number of rotatable bonds is 9. The number of anilines is 5. The highest BCUT2D eigenvalue weighted by Gasteiger charge is 2.28. The summed E-state index contributed by atoms with van der Waals surface area (Å²) in [4.78, 5) is 28.6. The van der Waals surface area contributed by atoms with Crippen LogP contribution in [0.4, 0.5) is 29.0 Å². The fourth-order valence-electron chi connectivity index (χ4n) is 6.43. The maximum Gasteiger partial charge on any atom is 0.239 e. The van der Waals surface area contributed by atoms with Crippen molar-refractivity contribution in [1.29, 1.82) is 0 Å². The average Bonchev–Trinajstić information content (AvgIpc) is 3.55. The maximum atomic E-state index is 5.86. The number of halogens is 1. The molecule has 0 unspecified atom stereocenters. The van der Waals surface area contributed by atoms with Gasteiger partial charge < -0.3 is 25.0 Å². The smallest absolute Gasteiger partial charge is 0.239 e. The highest BCUT2D eigenvalue weighted by Crippen LogP contribution is 2.39. The molecule has 0 aliphatic carbocycles. The SMILES string of the molecule is COc1nc(N2CCN(C3CCOCC3)CC2)c(-c2cnn(C)c2)cc1Nc1ncc(Br)c(Nc2ccc3nccnc3c2P(C)C)n1. The number of pyridine rings is 1. The first kappa shape index (κ1) is 32.6. The van der Waals surface area contributed by atoms with E-state index in [1.54, 1.807) is 30.4 Å². The van der Waals surface area contributed by atoms with Crippen LogP contribution in [0, 0.1) is 0 Å². The number of aryl methyl sites for hydroxylation is 1. The van der Waals surface area contributed by atoms with Crippen molar-refractivity contribution in [3.8, 4) is 17.0 Å². The van der Waals surface area contributed by atoms with Gasteiger partial charge in [-0.1, -0.05) is 7.92 Å². The molecule has 2 fully saturated rings. The monoisotopic (exact) mass is 731 g/mol. The van der Waals surface area contributed by atoms with Gasteiger partial charge in [0.05, 0.1) is 28.8 Å². The van der Waals surface area contributed by atoms with Gasteiger partial charge in [0.25, 0.3) is 0 Å². The van der Waals surface area contributed by atoms with E-state index < -0.39 is 7.92 Å². The molecule has 0 radical (unpaired) electrons. The van der Waals surface area contributed by atoms with Crippen LogP contribution in [0.1, 0.15) is 12.8 Å². The minimum atomic E-state index is -0.498. The van der Waals surface area contributed by atoms with Crippen LogP contribution in [0.3, 0.4) is 0 Å². The summed E-state index contributed by atoms with van der Waals surface area (Å²) in [5, 5.41) is 12.5.